The van der Waals surface area contributed by atoms with E-state index in [0.717, 1.165) is 19.3 Å². The van der Waals surface area contributed by atoms with Gasteiger partial charge in [-0.05, 0) is 44.7 Å². The fraction of sp³-hybridized carbons (Fsp3) is 0.500. The smallest absolute Gasteiger partial charge is 0.227 e. The number of rotatable bonds is 3. The van der Waals surface area contributed by atoms with Gasteiger partial charge in [0.2, 0.25) is 5.91 Å². The van der Waals surface area contributed by atoms with Crippen LogP contribution in [0.2, 0.25) is 0 Å². The molecule has 116 valence electrons. The molecule has 0 saturated heterocycles. The molecule has 1 aromatic carbocycles. The maximum Gasteiger partial charge on any atom is 0.227 e. The van der Waals surface area contributed by atoms with Crippen LogP contribution < -0.4 is 5.32 Å². The molecule has 1 N–H and O–H groups in total. The van der Waals surface area contributed by atoms with Crippen LogP contribution in [0.4, 0.5) is 5.69 Å². The van der Waals surface area contributed by atoms with Crippen LogP contribution in [0.15, 0.2) is 24.3 Å². The minimum absolute atomic E-state index is 0.0195. The minimum Gasteiger partial charge on any atom is -0.326 e. The Morgan fingerprint density at radius 3 is 2.45 bits per heavy atom. The summed E-state index contributed by atoms with van der Waals surface area (Å²) in [5, 5.41) is 2.91. The third-order valence-corrected chi connectivity index (χ3v) is 4.96. The Morgan fingerprint density at radius 1 is 1.14 bits per heavy atom. The Bertz CT molecular complexity index is 607. The molecular formula is C18H21NO3. The van der Waals surface area contributed by atoms with Gasteiger partial charge in [0.05, 0.1) is 0 Å². The summed E-state index contributed by atoms with van der Waals surface area (Å²) in [5.74, 6) is 0.389. The number of anilines is 1. The van der Waals surface area contributed by atoms with Crippen molar-refractivity contribution in [2.24, 2.45) is 17.8 Å². The molecular weight excluding hydrogens is 278 g/mol. The summed E-state index contributed by atoms with van der Waals surface area (Å²) in [5.41, 5.74) is 1.24. The molecule has 2 fully saturated rings. The summed E-state index contributed by atoms with van der Waals surface area (Å²) in [7, 11) is 0. The van der Waals surface area contributed by atoms with E-state index in [-0.39, 0.29) is 29.4 Å². The van der Waals surface area contributed by atoms with Gasteiger partial charge in [-0.25, -0.2) is 0 Å². The highest BCUT2D eigenvalue weighted by Crippen LogP contribution is 2.40. The van der Waals surface area contributed by atoms with Gasteiger partial charge >= 0.3 is 0 Å². The van der Waals surface area contributed by atoms with Crippen LogP contribution in [0.25, 0.3) is 0 Å². The molecule has 1 aromatic rings. The summed E-state index contributed by atoms with van der Waals surface area (Å²) in [6, 6.07) is 7.00. The van der Waals surface area contributed by atoms with E-state index in [9.17, 15) is 14.4 Å². The van der Waals surface area contributed by atoms with Crippen LogP contribution in [-0.4, -0.2) is 17.5 Å². The largest absolute Gasteiger partial charge is 0.326 e. The second-order valence-corrected chi connectivity index (χ2v) is 6.52. The maximum atomic E-state index is 12.5. The van der Waals surface area contributed by atoms with E-state index < -0.39 is 0 Å². The standard InChI is InChI=1S/C18H21NO3/c1-11(20)12-4-3-7-16(10-12)19-18(22)15-8-13-5-2-6-14(9-15)17(13)21/h3-4,7,10,13-15H,2,5-6,8-9H2,1H3,(H,19,22). The van der Waals surface area contributed by atoms with Crippen molar-refractivity contribution in [3.05, 3.63) is 29.8 Å². The monoisotopic (exact) mass is 299 g/mol. The molecule has 2 bridgehead atoms. The zero-order valence-corrected chi connectivity index (χ0v) is 12.8. The van der Waals surface area contributed by atoms with Crippen LogP contribution in [0.5, 0.6) is 0 Å². The van der Waals surface area contributed by atoms with E-state index in [1.54, 1.807) is 24.3 Å². The van der Waals surface area contributed by atoms with Gasteiger partial charge in [0.15, 0.2) is 5.78 Å². The minimum atomic E-state index is -0.0889. The number of hydrogen-bond donors (Lipinski definition) is 1. The Balaban J connectivity index is 1.68. The second-order valence-electron chi connectivity index (χ2n) is 6.52. The summed E-state index contributed by atoms with van der Waals surface area (Å²) >= 11 is 0. The first kappa shape index (κ1) is 14.9. The normalized spacial score (nSPS) is 27.3. The van der Waals surface area contributed by atoms with Crippen molar-refractivity contribution in [2.45, 2.75) is 39.0 Å². The topological polar surface area (TPSA) is 63.2 Å². The van der Waals surface area contributed by atoms with E-state index in [1.165, 1.54) is 6.92 Å². The van der Waals surface area contributed by atoms with Crippen molar-refractivity contribution in [1.29, 1.82) is 0 Å². The molecule has 4 heteroatoms. The van der Waals surface area contributed by atoms with E-state index in [4.69, 9.17) is 0 Å². The molecule has 3 rings (SSSR count). The molecule has 2 aliphatic rings. The Hall–Kier alpha value is -1.97. The van der Waals surface area contributed by atoms with E-state index in [2.05, 4.69) is 5.32 Å². The molecule has 0 radical (unpaired) electrons. The highest BCUT2D eigenvalue weighted by atomic mass is 16.2. The van der Waals surface area contributed by atoms with Crippen LogP contribution in [-0.2, 0) is 9.59 Å². The lowest BCUT2D eigenvalue weighted by Gasteiger charge is -2.36. The first-order chi connectivity index (χ1) is 10.5. The number of nitrogens with one attached hydrogen (secondary N) is 1. The lowest BCUT2D eigenvalue weighted by molar-refractivity contribution is -0.136. The summed E-state index contributed by atoms with van der Waals surface area (Å²) in [6.45, 7) is 1.51. The lowest BCUT2D eigenvalue weighted by atomic mass is 9.67. The van der Waals surface area contributed by atoms with Crippen LogP contribution in [0.1, 0.15) is 49.4 Å². The van der Waals surface area contributed by atoms with Crippen molar-refractivity contribution in [3.63, 3.8) is 0 Å². The number of fused-ring (bicyclic) bond motifs is 2. The van der Waals surface area contributed by atoms with Crippen molar-refractivity contribution >= 4 is 23.2 Å². The van der Waals surface area contributed by atoms with Crippen LogP contribution in [0.3, 0.4) is 0 Å². The zero-order valence-electron chi connectivity index (χ0n) is 12.8. The number of Topliss-reactive ketones (excluding diaryl/α,β-unsaturated/α-hetero) is 2. The van der Waals surface area contributed by atoms with Crippen LogP contribution in [0, 0.1) is 17.8 Å². The third kappa shape index (κ3) is 2.96. The molecule has 2 saturated carbocycles. The fourth-order valence-electron chi connectivity index (χ4n) is 3.75. The second kappa shape index (κ2) is 6.03. The number of ketones is 2. The van der Waals surface area contributed by atoms with Crippen molar-refractivity contribution in [3.8, 4) is 0 Å². The number of amides is 1. The van der Waals surface area contributed by atoms with Gasteiger partial charge in [0.1, 0.15) is 5.78 Å². The zero-order chi connectivity index (χ0) is 15.7. The molecule has 22 heavy (non-hydrogen) atoms. The Labute approximate surface area is 130 Å². The molecule has 0 aliphatic heterocycles. The van der Waals surface area contributed by atoms with Gasteiger partial charge in [0.25, 0.3) is 0 Å². The molecule has 0 aromatic heterocycles. The maximum absolute atomic E-state index is 12.5. The van der Waals surface area contributed by atoms with E-state index in [0.29, 0.717) is 29.9 Å². The SMILES string of the molecule is CC(=O)c1cccc(NC(=O)C2CC3CCCC(C2)C3=O)c1. The number of benzene rings is 1. The first-order valence-corrected chi connectivity index (χ1v) is 8.00. The molecule has 2 aliphatic carbocycles. The molecule has 1 amide bonds. The third-order valence-electron chi connectivity index (χ3n) is 4.96. The van der Waals surface area contributed by atoms with Gasteiger partial charge in [-0.1, -0.05) is 18.6 Å². The first-order valence-electron chi connectivity index (χ1n) is 8.00. The molecule has 2 atom stereocenters. The van der Waals surface area contributed by atoms with Gasteiger partial charge in [-0.2, -0.15) is 0 Å². The number of carbonyl (C=O) groups is 3. The number of carbonyl (C=O) groups excluding carboxylic acids is 3. The van der Waals surface area contributed by atoms with Gasteiger partial charge in [-0.3, -0.25) is 14.4 Å². The Kier molecular flexibility index (Phi) is 4.10. The average molecular weight is 299 g/mol. The quantitative estimate of drug-likeness (QED) is 0.872. The average Bonchev–Trinajstić information content (AvgIpc) is 2.47. The van der Waals surface area contributed by atoms with Crippen LogP contribution >= 0.6 is 0 Å². The lowest BCUT2D eigenvalue weighted by Crippen LogP contribution is -2.40. The molecule has 0 heterocycles. The van der Waals surface area contributed by atoms with Crippen molar-refractivity contribution in [1.82, 2.24) is 0 Å². The van der Waals surface area contributed by atoms with E-state index in [1.807, 2.05) is 0 Å². The highest BCUT2D eigenvalue weighted by molar-refractivity contribution is 5.98. The van der Waals surface area contributed by atoms with Gasteiger partial charge in [0, 0.05) is 29.0 Å². The number of hydrogen-bond acceptors (Lipinski definition) is 3. The molecule has 4 nitrogen and oxygen atoms in total. The molecule has 2 unspecified atom stereocenters. The predicted octanol–water partition coefficient (Wildman–Crippen LogP) is 3.22. The predicted molar refractivity (Wildman–Crippen MR) is 83.6 cm³/mol. The summed E-state index contributed by atoms with van der Waals surface area (Å²) in [4.78, 5) is 36.0. The summed E-state index contributed by atoms with van der Waals surface area (Å²) in [6.07, 6.45) is 4.31. The fourth-order valence-corrected chi connectivity index (χ4v) is 3.75. The van der Waals surface area contributed by atoms with Crippen molar-refractivity contribution < 1.29 is 14.4 Å². The Morgan fingerprint density at radius 2 is 1.82 bits per heavy atom. The highest BCUT2D eigenvalue weighted by Gasteiger charge is 2.41. The summed E-state index contributed by atoms with van der Waals surface area (Å²) < 4.78 is 0. The van der Waals surface area contributed by atoms with E-state index >= 15 is 0 Å². The van der Waals surface area contributed by atoms with Crippen molar-refractivity contribution in [2.75, 3.05) is 5.32 Å². The van der Waals surface area contributed by atoms with Gasteiger partial charge in [-0.15, -0.1) is 0 Å². The molecule has 0 spiro atoms. The van der Waals surface area contributed by atoms with Gasteiger partial charge < -0.3 is 5.32 Å².